The number of aromatic nitrogens is 1. The van der Waals surface area contributed by atoms with Crippen LogP contribution in [-0.4, -0.2) is 16.1 Å². The number of allylic oxidation sites excluding steroid dienone is 4. The van der Waals surface area contributed by atoms with Gasteiger partial charge in [0.25, 0.3) is 0 Å². The van der Waals surface area contributed by atoms with Crippen LogP contribution in [0.15, 0.2) is 58.8 Å². The van der Waals surface area contributed by atoms with E-state index in [2.05, 4.69) is 22.3 Å². The van der Waals surface area contributed by atoms with E-state index in [9.17, 15) is 4.79 Å². The van der Waals surface area contributed by atoms with Crippen molar-refractivity contribution >= 4 is 33.0 Å². The maximum Gasteiger partial charge on any atom is 0.211 e. The number of hydrogen-bond acceptors (Lipinski definition) is 4. The molecule has 0 saturated carbocycles. The molecule has 19 heavy (non-hydrogen) atoms. The van der Waals surface area contributed by atoms with Crippen molar-refractivity contribution in [1.29, 1.82) is 0 Å². The molecule has 1 aliphatic rings. The molecule has 0 radical (unpaired) electrons. The van der Waals surface area contributed by atoms with Crippen LogP contribution in [0.2, 0.25) is 0 Å². The number of aryl methyl sites for hydroxylation is 1. The molecule has 0 aliphatic heterocycles. The Labute approximate surface area is 113 Å². The lowest BCUT2D eigenvalue weighted by molar-refractivity contribution is -0.110. The zero-order chi connectivity index (χ0) is 13.2. The summed E-state index contributed by atoms with van der Waals surface area (Å²) in [6.07, 6.45) is 6.30. The van der Waals surface area contributed by atoms with Crippen LogP contribution in [0.5, 0.6) is 0 Å². The zero-order valence-electron chi connectivity index (χ0n) is 10.3. The van der Waals surface area contributed by atoms with Crippen LogP contribution in [0.1, 0.15) is 0 Å². The third kappa shape index (κ3) is 2.32. The number of hydrogen-bond donors (Lipinski definition) is 0. The molecule has 2 aromatic rings. The summed E-state index contributed by atoms with van der Waals surface area (Å²) in [5.41, 5.74) is 1.81. The molecular weight excluding hydrogens is 258 g/mol. The third-order valence-corrected chi connectivity index (χ3v) is 3.91. The highest BCUT2D eigenvalue weighted by Crippen LogP contribution is 2.15. The lowest BCUT2D eigenvalue weighted by Crippen LogP contribution is -2.09. The predicted molar refractivity (Wildman–Crippen MR) is 77.1 cm³/mol. The molecule has 1 heterocycles. The summed E-state index contributed by atoms with van der Waals surface area (Å²) < 4.78 is 3.18. The van der Waals surface area contributed by atoms with Gasteiger partial charge in [-0.05, 0) is 36.4 Å². The number of fused-ring (bicyclic) bond motifs is 1. The summed E-state index contributed by atoms with van der Waals surface area (Å²) in [7, 11) is 1.97. The average Bonchev–Trinajstić information content (AvgIpc) is 2.76. The molecule has 0 unspecified atom stereocenters. The molecule has 3 rings (SSSR count). The minimum Gasteiger partial charge on any atom is -0.318 e. The second kappa shape index (κ2) is 4.78. The molecule has 0 spiro atoms. The molecule has 5 heteroatoms. The highest BCUT2D eigenvalue weighted by Gasteiger charge is 2.02. The summed E-state index contributed by atoms with van der Waals surface area (Å²) in [5, 5.41) is 8.40. The largest absolute Gasteiger partial charge is 0.318 e. The number of thiazole rings is 1. The van der Waals surface area contributed by atoms with Gasteiger partial charge >= 0.3 is 0 Å². The minimum absolute atomic E-state index is 0.0219. The van der Waals surface area contributed by atoms with E-state index < -0.39 is 0 Å². The van der Waals surface area contributed by atoms with E-state index >= 15 is 0 Å². The van der Waals surface area contributed by atoms with Gasteiger partial charge in [0.1, 0.15) is 0 Å². The van der Waals surface area contributed by atoms with E-state index in [1.54, 1.807) is 23.5 Å². The van der Waals surface area contributed by atoms with E-state index in [4.69, 9.17) is 0 Å². The van der Waals surface area contributed by atoms with Crippen molar-refractivity contribution < 1.29 is 4.79 Å². The standard InChI is InChI=1S/C14H11N3OS/c1-17-12-4-2-3-5-13(12)19-14(17)16-15-10-6-8-11(18)9-7-10/h2-9H,1H3. The molecule has 0 saturated heterocycles. The molecular formula is C14H11N3OS. The van der Waals surface area contributed by atoms with Crippen molar-refractivity contribution in [3.63, 3.8) is 0 Å². The average molecular weight is 269 g/mol. The lowest BCUT2D eigenvalue weighted by Gasteiger charge is -1.95. The summed E-state index contributed by atoms with van der Waals surface area (Å²) in [6, 6.07) is 8.12. The van der Waals surface area contributed by atoms with Gasteiger partial charge in [-0.3, -0.25) is 4.79 Å². The Kier molecular flexibility index (Phi) is 2.97. The highest BCUT2D eigenvalue weighted by molar-refractivity contribution is 7.16. The topological polar surface area (TPSA) is 46.7 Å². The van der Waals surface area contributed by atoms with Gasteiger partial charge < -0.3 is 4.57 Å². The van der Waals surface area contributed by atoms with Crippen molar-refractivity contribution in [2.24, 2.45) is 17.3 Å². The van der Waals surface area contributed by atoms with Crippen molar-refractivity contribution in [1.82, 2.24) is 4.57 Å². The van der Waals surface area contributed by atoms with Gasteiger partial charge in [-0.15, -0.1) is 10.2 Å². The SMILES string of the molecule is Cn1c(=NN=C2C=CC(=O)C=C2)sc2ccccc21. The van der Waals surface area contributed by atoms with Crippen LogP contribution in [0.25, 0.3) is 10.2 Å². The Morgan fingerprint density at radius 3 is 2.53 bits per heavy atom. The van der Waals surface area contributed by atoms with Gasteiger partial charge in [0.2, 0.25) is 4.80 Å². The van der Waals surface area contributed by atoms with E-state index in [0.717, 1.165) is 10.3 Å². The fourth-order valence-corrected chi connectivity index (χ4v) is 2.76. The number of carbonyl (C=O) groups excluding carboxylic acids is 1. The molecule has 94 valence electrons. The second-order valence-corrected chi connectivity index (χ2v) is 5.11. The van der Waals surface area contributed by atoms with Crippen LogP contribution in [0.4, 0.5) is 0 Å². The number of ketones is 1. The van der Waals surface area contributed by atoms with E-state index in [1.165, 1.54) is 16.9 Å². The van der Waals surface area contributed by atoms with Gasteiger partial charge in [-0.1, -0.05) is 23.5 Å². The van der Waals surface area contributed by atoms with E-state index in [1.807, 2.05) is 23.7 Å². The molecule has 0 atom stereocenters. The van der Waals surface area contributed by atoms with Crippen LogP contribution < -0.4 is 4.80 Å². The summed E-state index contributed by atoms with van der Waals surface area (Å²) in [6.45, 7) is 0. The number of carbonyl (C=O) groups is 1. The molecule has 1 aromatic carbocycles. The van der Waals surface area contributed by atoms with Gasteiger partial charge in [-0.25, -0.2) is 0 Å². The van der Waals surface area contributed by atoms with E-state index in [0.29, 0.717) is 5.71 Å². The first-order valence-corrected chi connectivity index (χ1v) is 6.62. The Hall–Kier alpha value is -2.27. The Morgan fingerprint density at radius 2 is 1.79 bits per heavy atom. The van der Waals surface area contributed by atoms with Crippen LogP contribution in [0, 0.1) is 0 Å². The van der Waals surface area contributed by atoms with Crippen LogP contribution in [0.3, 0.4) is 0 Å². The smallest absolute Gasteiger partial charge is 0.211 e. The quantitative estimate of drug-likeness (QED) is 0.578. The molecule has 0 N–H and O–H groups in total. The molecule has 0 amide bonds. The number of rotatable bonds is 1. The number of nitrogens with zero attached hydrogens (tertiary/aromatic N) is 3. The van der Waals surface area contributed by atoms with Crippen molar-refractivity contribution in [3.05, 3.63) is 53.4 Å². The monoisotopic (exact) mass is 269 g/mol. The van der Waals surface area contributed by atoms with Crippen molar-refractivity contribution in [2.45, 2.75) is 0 Å². The van der Waals surface area contributed by atoms with Gasteiger partial charge in [0.15, 0.2) is 5.78 Å². The Balaban J connectivity index is 2.05. The first kappa shape index (κ1) is 11.8. The van der Waals surface area contributed by atoms with Crippen LogP contribution in [-0.2, 0) is 11.8 Å². The predicted octanol–water partition coefficient (Wildman–Crippen LogP) is 2.19. The fraction of sp³-hybridized carbons (Fsp3) is 0.0714. The Bertz CT molecular complexity index is 787. The first-order valence-electron chi connectivity index (χ1n) is 5.80. The molecule has 0 bridgehead atoms. The Morgan fingerprint density at radius 1 is 1.05 bits per heavy atom. The molecule has 4 nitrogen and oxygen atoms in total. The van der Waals surface area contributed by atoms with Gasteiger partial charge in [0.05, 0.1) is 15.9 Å². The molecule has 1 aliphatic carbocycles. The summed E-state index contributed by atoms with van der Waals surface area (Å²) in [5.74, 6) is -0.0219. The van der Waals surface area contributed by atoms with Crippen LogP contribution >= 0.6 is 11.3 Å². The van der Waals surface area contributed by atoms with E-state index in [-0.39, 0.29) is 5.78 Å². The maximum atomic E-state index is 11.0. The summed E-state index contributed by atoms with van der Waals surface area (Å²) >= 11 is 1.59. The normalized spacial score (nSPS) is 15.5. The zero-order valence-corrected chi connectivity index (χ0v) is 11.1. The number of benzene rings is 1. The fourth-order valence-electron chi connectivity index (χ4n) is 1.79. The van der Waals surface area contributed by atoms with Crippen molar-refractivity contribution in [2.75, 3.05) is 0 Å². The molecule has 1 aromatic heterocycles. The number of para-hydroxylation sites is 1. The first-order chi connectivity index (χ1) is 9.24. The second-order valence-electron chi connectivity index (χ2n) is 4.11. The van der Waals surface area contributed by atoms with Gasteiger partial charge in [0, 0.05) is 7.05 Å². The third-order valence-electron chi connectivity index (χ3n) is 2.80. The maximum absolute atomic E-state index is 11.0. The summed E-state index contributed by atoms with van der Waals surface area (Å²) in [4.78, 5) is 11.8. The van der Waals surface area contributed by atoms with Gasteiger partial charge in [-0.2, -0.15) is 0 Å². The minimum atomic E-state index is -0.0219. The van der Waals surface area contributed by atoms with Crippen molar-refractivity contribution in [3.8, 4) is 0 Å². The highest BCUT2D eigenvalue weighted by atomic mass is 32.1. The molecule has 0 fully saturated rings. The lowest BCUT2D eigenvalue weighted by atomic mass is 10.2.